The Hall–Kier alpha value is -1.72. The molecule has 20 heavy (non-hydrogen) atoms. The van der Waals surface area contributed by atoms with Gasteiger partial charge in [0.2, 0.25) is 11.7 Å². The molecule has 1 fully saturated rings. The van der Waals surface area contributed by atoms with Crippen LogP contribution in [0.4, 0.5) is 0 Å². The fourth-order valence-electron chi connectivity index (χ4n) is 2.66. The molecule has 0 saturated carbocycles. The minimum absolute atomic E-state index is 0.371. The molecule has 0 amide bonds. The van der Waals surface area contributed by atoms with Crippen LogP contribution in [-0.4, -0.2) is 22.7 Å². The Balaban J connectivity index is 1.78. The van der Waals surface area contributed by atoms with Gasteiger partial charge in [0.15, 0.2) is 0 Å². The molecule has 0 bridgehead atoms. The number of nitrogens with one attached hydrogen (secondary N) is 1. The van der Waals surface area contributed by atoms with E-state index in [4.69, 9.17) is 10.3 Å². The lowest BCUT2D eigenvalue weighted by Gasteiger charge is -2.25. The average molecular weight is 272 g/mol. The molecule has 2 atom stereocenters. The monoisotopic (exact) mass is 272 g/mol. The van der Waals surface area contributed by atoms with Crippen LogP contribution in [0.2, 0.25) is 0 Å². The summed E-state index contributed by atoms with van der Waals surface area (Å²) in [4.78, 5) is 4.56. The first-order valence-corrected chi connectivity index (χ1v) is 7.12. The van der Waals surface area contributed by atoms with E-state index in [1.807, 2.05) is 24.3 Å². The third kappa shape index (κ3) is 2.73. The molecule has 1 aromatic carbocycles. The molecule has 1 aromatic heterocycles. The Bertz CT molecular complexity index is 564. The number of rotatable bonds is 3. The van der Waals surface area contributed by atoms with Gasteiger partial charge in [-0.1, -0.05) is 29.4 Å². The molecule has 0 unspecified atom stereocenters. The van der Waals surface area contributed by atoms with E-state index in [9.17, 15) is 0 Å². The summed E-state index contributed by atoms with van der Waals surface area (Å²) in [6.07, 6.45) is 2.10. The Kier molecular flexibility index (Phi) is 3.80. The second kappa shape index (κ2) is 5.73. The summed E-state index contributed by atoms with van der Waals surface area (Å²) in [7, 11) is 0. The molecule has 0 radical (unpaired) electrons. The lowest BCUT2D eigenvalue weighted by atomic mass is 9.93. The van der Waals surface area contributed by atoms with Crippen LogP contribution in [0.1, 0.15) is 37.1 Å². The SMILES string of the molecule is C[C@H]1C[C@@H](c2nc(-c3ccc(CN)cc3)no2)CCN1. The Morgan fingerprint density at radius 2 is 2.15 bits per heavy atom. The molecule has 2 aromatic rings. The van der Waals surface area contributed by atoms with Gasteiger partial charge in [-0.15, -0.1) is 0 Å². The molecular weight excluding hydrogens is 252 g/mol. The third-order valence-electron chi connectivity index (χ3n) is 3.86. The standard InChI is InChI=1S/C15H20N4O/c1-10-8-13(6-7-17-10)15-18-14(19-20-15)12-4-2-11(9-16)3-5-12/h2-5,10,13,17H,6-9,16H2,1H3/t10-,13-/m0/s1. The minimum atomic E-state index is 0.371. The van der Waals surface area contributed by atoms with Crippen molar-refractivity contribution in [1.82, 2.24) is 15.5 Å². The van der Waals surface area contributed by atoms with Gasteiger partial charge >= 0.3 is 0 Å². The van der Waals surface area contributed by atoms with Gasteiger partial charge in [0.05, 0.1) is 0 Å². The van der Waals surface area contributed by atoms with E-state index < -0.39 is 0 Å². The molecule has 5 heteroatoms. The largest absolute Gasteiger partial charge is 0.339 e. The number of hydrogen-bond acceptors (Lipinski definition) is 5. The summed E-state index contributed by atoms with van der Waals surface area (Å²) in [6, 6.07) is 8.48. The number of nitrogens with two attached hydrogens (primary N) is 1. The first-order chi connectivity index (χ1) is 9.76. The van der Waals surface area contributed by atoms with Crippen molar-refractivity contribution in [2.24, 2.45) is 5.73 Å². The first-order valence-electron chi connectivity index (χ1n) is 7.12. The van der Waals surface area contributed by atoms with E-state index >= 15 is 0 Å². The summed E-state index contributed by atoms with van der Waals surface area (Å²) < 4.78 is 5.45. The van der Waals surface area contributed by atoms with Crippen molar-refractivity contribution < 1.29 is 4.52 Å². The predicted molar refractivity (Wildman–Crippen MR) is 77.1 cm³/mol. The summed E-state index contributed by atoms with van der Waals surface area (Å²) in [6.45, 7) is 3.74. The molecule has 2 heterocycles. The maximum atomic E-state index is 5.60. The maximum Gasteiger partial charge on any atom is 0.230 e. The molecule has 0 spiro atoms. The van der Waals surface area contributed by atoms with E-state index in [1.54, 1.807) is 0 Å². The maximum absolute atomic E-state index is 5.60. The minimum Gasteiger partial charge on any atom is -0.339 e. The molecular formula is C15H20N4O. The van der Waals surface area contributed by atoms with E-state index in [0.29, 0.717) is 24.3 Å². The van der Waals surface area contributed by atoms with Gasteiger partial charge in [-0.3, -0.25) is 0 Å². The molecule has 1 aliphatic rings. The van der Waals surface area contributed by atoms with Crippen molar-refractivity contribution in [2.75, 3.05) is 6.54 Å². The molecule has 0 aliphatic carbocycles. The van der Waals surface area contributed by atoms with Crippen LogP contribution in [0.15, 0.2) is 28.8 Å². The smallest absolute Gasteiger partial charge is 0.230 e. The topological polar surface area (TPSA) is 77.0 Å². The molecule has 5 nitrogen and oxygen atoms in total. The van der Waals surface area contributed by atoms with Gasteiger partial charge < -0.3 is 15.6 Å². The highest BCUT2D eigenvalue weighted by Crippen LogP contribution is 2.28. The fraction of sp³-hybridized carbons (Fsp3) is 0.467. The van der Waals surface area contributed by atoms with Gasteiger partial charge in [-0.25, -0.2) is 0 Å². The molecule has 1 aliphatic heterocycles. The first kappa shape index (κ1) is 13.3. The number of hydrogen-bond donors (Lipinski definition) is 2. The van der Waals surface area contributed by atoms with Crippen LogP contribution >= 0.6 is 0 Å². The van der Waals surface area contributed by atoms with Crippen molar-refractivity contribution in [3.8, 4) is 11.4 Å². The zero-order valence-corrected chi connectivity index (χ0v) is 11.7. The van der Waals surface area contributed by atoms with Crippen LogP contribution in [0.25, 0.3) is 11.4 Å². The summed E-state index contributed by atoms with van der Waals surface area (Å²) in [5.74, 6) is 1.79. The molecule has 106 valence electrons. The van der Waals surface area contributed by atoms with E-state index in [0.717, 1.165) is 36.4 Å². The fourth-order valence-corrected chi connectivity index (χ4v) is 2.66. The van der Waals surface area contributed by atoms with Crippen molar-refractivity contribution in [3.63, 3.8) is 0 Å². The number of nitrogens with zero attached hydrogens (tertiary/aromatic N) is 2. The van der Waals surface area contributed by atoms with Crippen molar-refractivity contribution in [2.45, 2.75) is 38.3 Å². The van der Waals surface area contributed by atoms with Crippen molar-refractivity contribution >= 4 is 0 Å². The third-order valence-corrected chi connectivity index (χ3v) is 3.86. The molecule has 3 N–H and O–H groups in total. The van der Waals surface area contributed by atoms with Crippen molar-refractivity contribution in [3.05, 3.63) is 35.7 Å². The van der Waals surface area contributed by atoms with E-state index in [2.05, 4.69) is 22.4 Å². The van der Waals surface area contributed by atoms with Gasteiger partial charge in [0.1, 0.15) is 0 Å². The number of piperidine rings is 1. The number of benzene rings is 1. The predicted octanol–water partition coefficient (Wildman–Crippen LogP) is 2.05. The van der Waals surface area contributed by atoms with Crippen LogP contribution < -0.4 is 11.1 Å². The van der Waals surface area contributed by atoms with Gasteiger partial charge in [-0.05, 0) is 31.9 Å². The van der Waals surface area contributed by atoms with Gasteiger partial charge in [0.25, 0.3) is 0 Å². The Morgan fingerprint density at radius 1 is 1.35 bits per heavy atom. The zero-order chi connectivity index (χ0) is 13.9. The van der Waals surface area contributed by atoms with E-state index in [-0.39, 0.29) is 0 Å². The van der Waals surface area contributed by atoms with E-state index in [1.165, 1.54) is 0 Å². The normalized spacial score (nSPS) is 22.9. The summed E-state index contributed by atoms with van der Waals surface area (Å²) in [5.41, 5.74) is 7.67. The second-order valence-corrected chi connectivity index (χ2v) is 5.43. The highest BCUT2D eigenvalue weighted by Gasteiger charge is 2.25. The lowest BCUT2D eigenvalue weighted by molar-refractivity contribution is 0.295. The summed E-state index contributed by atoms with van der Waals surface area (Å²) in [5, 5.41) is 7.54. The van der Waals surface area contributed by atoms with Crippen LogP contribution in [0.5, 0.6) is 0 Å². The highest BCUT2D eigenvalue weighted by atomic mass is 16.5. The Morgan fingerprint density at radius 3 is 2.85 bits per heavy atom. The lowest BCUT2D eigenvalue weighted by Crippen LogP contribution is -2.34. The van der Waals surface area contributed by atoms with Crippen molar-refractivity contribution in [1.29, 1.82) is 0 Å². The molecule has 1 saturated heterocycles. The van der Waals surface area contributed by atoms with Gasteiger partial charge in [-0.2, -0.15) is 4.98 Å². The molecule has 3 rings (SSSR count). The summed E-state index contributed by atoms with van der Waals surface area (Å²) >= 11 is 0. The van der Waals surface area contributed by atoms with Gasteiger partial charge in [0, 0.05) is 24.1 Å². The highest BCUT2D eigenvalue weighted by molar-refractivity contribution is 5.54. The van der Waals surface area contributed by atoms with Crippen LogP contribution in [0, 0.1) is 0 Å². The Labute approximate surface area is 118 Å². The quantitative estimate of drug-likeness (QED) is 0.894. The zero-order valence-electron chi connectivity index (χ0n) is 11.7. The number of aromatic nitrogens is 2. The second-order valence-electron chi connectivity index (χ2n) is 5.43. The average Bonchev–Trinajstić information content (AvgIpc) is 2.97. The van der Waals surface area contributed by atoms with Crippen LogP contribution in [0.3, 0.4) is 0 Å². The van der Waals surface area contributed by atoms with Crippen LogP contribution in [-0.2, 0) is 6.54 Å².